The summed E-state index contributed by atoms with van der Waals surface area (Å²) in [6, 6.07) is 5.79. The van der Waals surface area contributed by atoms with Crippen LogP contribution in [-0.4, -0.2) is 10.1 Å². The van der Waals surface area contributed by atoms with Gasteiger partial charge in [0, 0.05) is 9.37 Å². The molecule has 0 amide bonds. The van der Waals surface area contributed by atoms with Gasteiger partial charge in [-0.25, -0.2) is 4.98 Å². The molecule has 0 saturated heterocycles. The zero-order valence-electron chi connectivity index (χ0n) is 9.48. The third-order valence-electron chi connectivity index (χ3n) is 2.23. The van der Waals surface area contributed by atoms with Gasteiger partial charge in [0.15, 0.2) is 0 Å². The number of rotatable bonds is 3. The molecule has 1 unspecified atom stereocenters. The van der Waals surface area contributed by atoms with Crippen LogP contribution in [0.3, 0.4) is 0 Å². The maximum Gasteiger partial charge on any atom is 0.260 e. The first-order valence-corrected chi connectivity index (χ1v) is 6.74. The summed E-state index contributed by atoms with van der Waals surface area (Å²) in [5.74, 6) is 0. The second-order valence-corrected chi connectivity index (χ2v) is 5.60. The molecule has 0 aliphatic carbocycles. The van der Waals surface area contributed by atoms with Gasteiger partial charge in [-0.2, -0.15) is 0 Å². The van der Waals surface area contributed by atoms with Gasteiger partial charge in [0.1, 0.15) is 6.26 Å². The van der Waals surface area contributed by atoms with E-state index in [1.807, 2.05) is 25.1 Å². The highest BCUT2D eigenvalue weighted by Crippen LogP contribution is 2.32. The first-order valence-electron chi connectivity index (χ1n) is 5.14. The van der Waals surface area contributed by atoms with Crippen molar-refractivity contribution in [1.82, 2.24) is 4.98 Å². The molecule has 17 heavy (non-hydrogen) atoms. The number of aromatic nitrogens is 1. The normalized spacial score (nSPS) is 12.7. The monoisotopic (exact) mass is 313 g/mol. The van der Waals surface area contributed by atoms with E-state index in [0.29, 0.717) is 5.22 Å². The van der Waals surface area contributed by atoms with Crippen LogP contribution in [0.4, 0.5) is 0 Å². The molecule has 1 aromatic carbocycles. The van der Waals surface area contributed by atoms with Gasteiger partial charge in [-0.1, -0.05) is 22.0 Å². The van der Waals surface area contributed by atoms with E-state index in [2.05, 4.69) is 20.9 Å². The van der Waals surface area contributed by atoms with E-state index in [4.69, 9.17) is 4.42 Å². The number of benzene rings is 1. The molecule has 0 fully saturated rings. The fourth-order valence-corrected chi connectivity index (χ4v) is 3.05. The van der Waals surface area contributed by atoms with Crippen molar-refractivity contribution >= 4 is 27.7 Å². The van der Waals surface area contributed by atoms with Crippen LogP contribution in [0.5, 0.6) is 0 Å². The van der Waals surface area contributed by atoms with Crippen molar-refractivity contribution in [3.05, 3.63) is 40.2 Å². The first kappa shape index (κ1) is 12.7. The highest BCUT2D eigenvalue weighted by molar-refractivity contribution is 9.10. The summed E-state index contributed by atoms with van der Waals surface area (Å²) in [6.07, 6.45) is 1.15. The minimum atomic E-state index is -0.479. The SMILES string of the molecule is Cc1coc(Sc2ccc(C(C)O)c(Br)c2)n1. The molecule has 2 rings (SSSR count). The highest BCUT2D eigenvalue weighted by Gasteiger charge is 2.09. The number of hydrogen-bond acceptors (Lipinski definition) is 4. The summed E-state index contributed by atoms with van der Waals surface area (Å²) in [5.41, 5.74) is 1.74. The second-order valence-electron chi connectivity index (χ2n) is 3.72. The summed E-state index contributed by atoms with van der Waals surface area (Å²) in [6.45, 7) is 3.63. The van der Waals surface area contributed by atoms with E-state index in [-0.39, 0.29) is 0 Å². The molecule has 1 aromatic heterocycles. The minimum Gasteiger partial charge on any atom is -0.439 e. The van der Waals surface area contributed by atoms with E-state index in [1.54, 1.807) is 13.2 Å². The topological polar surface area (TPSA) is 46.3 Å². The lowest BCUT2D eigenvalue weighted by atomic mass is 10.1. The van der Waals surface area contributed by atoms with Gasteiger partial charge in [-0.15, -0.1) is 0 Å². The Morgan fingerprint density at radius 2 is 2.24 bits per heavy atom. The predicted molar refractivity (Wildman–Crippen MR) is 70.1 cm³/mol. The lowest BCUT2D eigenvalue weighted by Crippen LogP contribution is -1.92. The van der Waals surface area contributed by atoms with Gasteiger partial charge in [-0.05, 0) is 43.3 Å². The van der Waals surface area contributed by atoms with E-state index >= 15 is 0 Å². The molecule has 0 aliphatic rings. The molecular formula is C12H12BrNO2S. The molecule has 0 radical (unpaired) electrons. The number of hydrogen-bond donors (Lipinski definition) is 1. The largest absolute Gasteiger partial charge is 0.439 e. The van der Waals surface area contributed by atoms with Crippen LogP contribution in [0.25, 0.3) is 0 Å². The zero-order valence-corrected chi connectivity index (χ0v) is 11.9. The quantitative estimate of drug-likeness (QED) is 0.932. The Labute approximate surface area is 112 Å². The zero-order chi connectivity index (χ0) is 12.4. The van der Waals surface area contributed by atoms with Crippen LogP contribution in [0.1, 0.15) is 24.3 Å². The second kappa shape index (κ2) is 5.25. The standard InChI is InChI=1S/C12H12BrNO2S/c1-7-6-16-12(14-7)17-9-3-4-10(8(2)15)11(13)5-9/h3-6,8,15H,1-2H3. The summed E-state index contributed by atoms with van der Waals surface area (Å²) in [5, 5.41) is 10.1. The fraction of sp³-hybridized carbons (Fsp3) is 0.250. The minimum absolute atomic E-state index is 0.479. The lowest BCUT2D eigenvalue weighted by molar-refractivity contribution is 0.198. The summed E-state index contributed by atoms with van der Waals surface area (Å²) >= 11 is 4.90. The summed E-state index contributed by atoms with van der Waals surface area (Å²) < 4.78 is 6.16. The number of nitrogens with zero attached hydrogens (tertiary/aromatic N) is 1. The van der Waals surface area contributed by atoms with Crippen LogP contribution in [0.2, 0.25) is 0 Å². The molecule has 0 bridgehead atoms. The van der Waals surface area contributed by atoms with E-state index in [1.165, 1.54) is 11.8 Å². The predicted octanol–water partition coefficient (Wildman–Crippen LogP) is 3.95. The van der Waals surface area contributed by atoms with Crippen LogP contribution >= 0.6 is 27.7 Å². The molecule has 1 N–H and O–H groups in total. The van der Waals surface area contributed by atoms with E-state index in [9.17, 15) is 5.11 Å². The van der Waals surface area contributed by atoms with Gasteiger partial charge >= 0.3 is 0 Å². The van der Waals surface area contributed by atoms with Crippen molar-refractivity contribution in [3.8, 4) is 0 Å². The Hall–Kier alpha value is -0.780. The van der Waals surface area contributed by atoms with Gasteiger partial charge in [0.2, 0.25) is 0 Å². The maximum absolute atomic E-state index is 9.52. The Bertz CT molecular complexity index is 525. The van der Waals surface area contributed by atoms with Gasteiger partial charge in [0.25, 0.3) is 5.22 Å². The molecule has 2 aromatic rings. The van der Waals surface area contributed by atoms with Crippen LogP contribution in [0.15, 0.2) is 43.5 Å². The third-order valence-corrected chi connectivity index (χ3v) is 3.76. The van der Waals surface area contributed by atoms with Crippen LogP contribution in [-0.2, 0) is 0 Å². The van der Waals surface area contributed by atoms with Gasteiger partial charge < -0.3 is 9.52 Å². The summed E-state index contributed by atoms with van der Waals surface area (Å²) in [7, 11) is 0. The average Bonchev–Trinajstić information content (AvgIpc) is 2.63. The number of oxazole rings is 1. The van der Waals surface area contributed by atoms with Crippen molar-refractivity contribution in [2.45, 2.75) is 30.1 Å². The van der Waals surface area contributed by atoms with Gasteiger partial charge in [-0.3, -0.25) is 0 Å². The first-order chi connectivity index (χ1) is 8.06. The van der Waals surface area contributed by atoms with Crippen molar-refractivity contribution in [2.75, 3.05) is 0 Å². The van der Waals surface area contributed by atoms with Crippen molar-refractivity contribution in [2.24, 2.45) is 0 Å². The third kappa shape index (κ3) is 3.12. The Balaban J connectivity index is 2.20. The lowest BCUT2D eigenvalue weighted by Gasteiger charge is -2.08. The van der Waals surface area contributed by atoms with Crippen molar-refractivity contribution in [1.29, 1.82) is 0 Å². The molecule has 90 valence electrons. The molecule has 0 aliphatic heterocycles. The highest BCUT2D eigenvalue weighted by atomic mass is 79.9. The Morgan fingerprint density at radius 3 is 2.76 bits per heavy atom. The number of aryl methyl sites for hydroxylation is 1. The Morgan fingerprint density at radius 1 is 1.47 bits per heavy atom. The van der Waals surface area contributed by atoms with E-state index in [0.717, 1.165) is 20.6 Å². The smallest absolute Gasteiger partial charge is 0.260 e. The maximum atomic E-state index is 9.52. The molecule has 5 heteroatoms. The molecule has 3 nitrogen and oxygen atoms in total. The van der Waals surface area contributed by atoms with Crippen LogP contribution < -0.4 is 0 Å². The molecule has 1 heterocycles. The Kier molecular flexibility index (Phi) is 3.91. The molecule has 0 saturated carbocycles. The number of halogens is 1. The van der Waals surface area contributed by atoms with Crippen molar-refractivity contribution in [3.63, 3.8) is 0 Å². The number of aliphatic hydroxyl groups excluding tert-OH is 1. The van der Waals surface area contributed by atoms with Gasteiger partial charge in [0.05, 0.1) is 11.8 Å². The number of aliphatic hydroxyl groups is 1. The summed E-state index contributed by atoms with van der Waals surface area (Å²) in [4.78, 5) is 5.24. The molecule has 1 atom stereocenters. The fourth-order valence-electron chi connectivity index (χ4n) is 1.39. The van der Waals surface area contributed by atoms with E-state index < -0.39 is 6.10 Å². The molecular weight excluding hydrogens is 302 g/mol. The molecule has 0 spiro atoms. The average molecular weight is 314 g/mol. The van der Waals surface area contributed by atoms with Crippen LogP contribution in [0, 0.1) is 6.92 Å². The van der Waals surface area contributed by atoms with Crippen molar-refractivity contribution < 1.29 is 9.52 Å².